The van der Waals surface area contributed by atoms with Crippen molar-refractivity contribution in [3.63, 3.8) is 0 Å². The SMILES string of the molecule is COc1cc2cncc(CCC(C)(N)CCN3Cc4cc(C)c(C)cc4C3)c2cc1OC. The number of fused-ring (bicyclic) bond motifs is 2. The van der Waals surface area contributed by atoms with Gasteiger partial charge < -0.3 is 15.2 Å². The number of hydrogen-bond donors (Lipinski definition) is 1. The summed E-state index contributed by atoms with van der Waals surface area (Å²) >= 11 is 0. The average molecular weight is 434 g/mol. The molecule has 2 aromatic carbocycles. The van der Waals surface area contributed by atoms with Crippen LogP contribution in [0.5, 0.6) is 11.5 Å². The third-order valence-electron chi connectivity index (χ3n) is 6.91. The van der Waals surface area contributed by atoms with Gasteiger partial charge in [0, 0.05) is 43.0 Å². The van der Waals surface area contributed by atoms with Gasteiger partial charge in [-0.3, -0.25) is 9.88 Å². The molecule has 1 aliphatic rings. The molecule has 0 saturated heterocycles. The Morgan fingerprint density at radius 2 is 1.56 bits per heavy atom. The van der Waals surface area contributed by atoms with Crippen molar-refractivity contribution in [2.24, 2.45) is 5.73 Å². The molecule has 4 rings (SSSR count). The number of aryl methyl sites for hydroxylation is 3. The van der Waals surface area contributed by atoms with Gasteiger partial charge >= 0.3 is 0 Å². The molecule has 1 unspecified atom stereocenters. The molecule has 170 valence electrons. The van der Waals surface area contributed by atoms with Gasteiger partial charge in [-0.2, -0.15) is 0 Å². The molecule has 1 aliphatic heterocycles. The van der Waals surface area contributed by atoms with E-state index in [0.717, 1.165) is 61.2 Å². The van der Waals surface area contributed by atoms with E-state index in [2.05, 4.69) is 42.8 Å². The summed E-state index contributed by atoms with van der Waals surface area (Å²) in [5.74, 6) is 1.46. The van der Waals surface area contributed by atoms with E-state index in [0.29, 0.717) is 0 Å². The number of methoxy groups -OCH3 is 2. The maximum atomic E-state index is 6.75. The van der Waals surface area contributed by atoms with Gasteiger partial charge in [-0.15, -0.1) is 0 Å². The number of aromatic nitrogens is 1. The van der Waals surface area contributed by atoms with Crippen LogP contribution in [0.4, 0.5) is 0 Å². The monoisotopic (exact) mass is 433 g/mol. The van der Waals surface area contributed by atoms with E-state index in [1.807, 2.05) is 24.5 Å². The highest BCUT2D eigenvalue weighted by atomic mass is 16.5. The summed E-state index contributed by atoms with van der Waals surface area (Å²) in [5, 5.41) is 2.20. The number of rotatable bonds is 8. The summed E-state index contributed by atoms with van der Waals surface area (Å²) in [6, 6.07) is 8.73. The van der Waals surface area contributed by atoms with E-state index in [1.54, 1.807) is 14.2 Å². The molecule has 0 radical (unpaired) electrons. The molecular formula is C27H35N3O2. The molecule has 2 heterocycles. The maximum absolute atomic E-state index is 6.75. The Morgan fingerprint density at radius 3 is 2.19 bits per heavy atom. The predicted molar refractivity (Wildman–Crippen MR) is 130 cm³/mol. The summed E-state index contributed by atoms with van der Waals surface area (Å²) in [4.78, 5) is 6.96. The molecular weight excluding hydrogens is 398 g/mol. The van der Waals surface area contributed by atoms with E-state index in [1.165, 1.54) is 27.8 Å². The van der Waals surface area contributed by atoms with Crippen LogP contribution in [-0.4, -0.2) is 36.2 Å². The predicted octanol–water partition coefficient (Wildman–Crippen LogP) is 4.92. The Bertz CT molecular complexity index is 1090. The Hall–Kier alpha value is -2.63. The van der Waals surface area contributed by atoms with Gasteiger partial charge in [0.1, 0.15) is 0 Å². The largest absolute Gasteiger partial charge is 0.493 e. The van der Waals surface area contributed by atoms with E-state index < -0.39 is 0 Å². The van der Waals surface area contributed by atoms with E-state index in [4.69, 9.17) is 15.2 Å². The highest BCUT2D eigenvalue weighted by Gasteiger charge is 2.24. The number of pyridine rings is 1. The van der Waals surface area contributed by atoms with Crippen LogP contribution in [0.2, 0.25) is 0 Å². The Balaban J connectivity index is 1.40. The zero-order chi connectivity index (χ0) is 22.9. The van der Waals surface area contributed by atoms with Crippen LogP contribution >= 0.6 is 0 Å². The van der Waals surface area contributed by atoms with Crippen LogP contribution in [0.3, 0.4) is 0 Å². The number of ether oxygens (including phenoxy) is 2. The molecule has 5 nitrogen and oxygen atoms in total. The van der Waals surface area contributed by atoms with Crippen molar-refractivity contribution in [3.8, 4) is 11.5 Å². The average Bonchev–Trinajstić information content (AvgIpc) is 3.17. The number of nitrogens with zero attached hydrogens (tertiary/aromatic N) is 2. The molecule has 0 amide bonds. The minimum Gasteiger partial charge on any atom is -0.493 e. The highest BCUT2D eigenvalue weighted by Crippen LogP contribution is 2.34. The van der Waals surface area contributed by atoms with Crippen molar-refractivity contribution in [1.29, 1.82) is 0 Å². The number of hydrogen-bond acceptors (Lipinski definition) is 5. The molecule has 1 aromatic heterocycles. The van der Waals surface area contributed by atoms with Crippen LogP contribution < -0.4 is 15.2 Å². The lowest BCUT2D eigenvalue weighted by atomic mass is 9.90. The lowest BCUT2D eigenvalue weighted by molar-refractivity contribution is 0.244. The van der Waals surface area contributed by atoms with Gasteiger partial charge in [-0.1, -0.05) is 12.1 Å². The fraction of sp³-hybridized carbons (Fsp3) is 0.444. The second kappa shape index (κ2) is 9.08. The van der Waals surface area contributed by atoms with Gasteiger partial charge in [0.2, 0.25) is 0 Å². The number of nitrogens with two attached hydrogens (primary N) is 1. The zero-order valence-electron chi connectivity index (χ0n) is 20.0. The molecule has 5 heteroatoms. The molecule has 0 bridgehead atoms. The van der Waals surface area contributed by atoms with Crippen LogP contribution in [0, 0.1) is 13.8 Å². The Kier molecular flexibility index (Phi) is 6.40. The van der Waals surface area contributed by atoms with E-state index in [9.17, 15) is 0 Å². The smallest absolute Gasteiger partial charge is 0.161 e. The van der Waals surface area contributed by atoms with Gasteiger partial charge in [-0.25, -0.2) is 0 Å². The molecule has 0 saturated carbocycles. The summed E-state index contributed by atoms with van der Waals surface area (Å²) in [6.07, 6.45) is 6.57. The first kappa shape index (κ1) is 22.6. The summed E-state index contributed by atoms with van der Waals surface area (Å²) in [7, 11) is 3.32. The first-order chi connectivity index (χ1) is 15.3. The second-order valence-corrected chi connectivity index (χ2v) is 9.55. The van der Waals surface area contributed by atoms with Gasteiger partial charge in [0.25, 0.3) is 0 Å². The molecule has 2 N–H and O–H groups in total. The van der Waals surface area contributed by atoms with Crippen molar-refractivity contribution in [3.05, 3.63) is 64.5 Å². The molecule has 3 aromatic rings. The van der Waals surface area contributed by atoms with Crippen molar-refractivity contribution in [2.75, 3.05) is 20.8 Å². The van der Waals surface area contributed by atoms with Gasteiger partial charge in [-0.05, 0) is 85.4 Å². The summed E-state index contributed by atoms with van der Waals surface area (Å²) < 4.78 is 10.9. The van der Waals surface area contributed by atoms with Crippen LogP contribution in [0.25, 0.3) is 10.8 Å². The third-order valence-corrected chi connectivity index (χ3v) is 6.91. The highest BCUT2D eigenvalue weighted by molar-refractivity contribution is 5.88. The molecule has 32 heavy (non-hydrogen) atoms. The van der Waals surface area contributed by atoms with Crippen LogP contribution in [0.15, 0.2) is 36.7 Å². The zero-order valence-corrected chi connectivity index (χ0v) is 20.0. The first-order valence-electron chi connectivity index (χ1n) is 11.4. The topological polar surface area (TPSA) is 60.6 Å². The van der Waals surface area contributed by atoms with Gasteiger partial charge in [0.15, 0.2) is 11.5 Å². The molecule has 0 aliphatic carbocycles. The van der Waals surface area contributed by atoms with Gasteiger partial charge in [0.05, 0.1) is 14.2 Å². The van der Waals surface area contributed by atoms with Crippen molar-refractivity contribution >= 4 is 10.8 Å². The minimum atomic E-state index is -0.237. The van der Waals surface area contributed by atoms with E-state index >= 15 is 0 Å². The summed E-state index contributed by atoms with van der Waals surface area (Å²) in [6.45, 7) is 9.64. The summed E-state index contributed by atoms with van der Waals surface area (Å²) in [5.41, 5.74) is 13.4. The van der Waals surface area contributed by atoms with Crippen molar-refractivity contribution in [2.45, 2.75) is 58.7 Å². The van der Waals surface area contributed by atoms with Crippen molar-refractivity contribution in [1.82, 2.24) is 9.88 Å². The fourth-order valence-electron chi connectivity index (χ4n) is 4.64. The Labute approximate surface area is 191 Å². The van der Waals surface area contributed by atoms with Crippen LogP contribution in [0.1, 0.15) is 47.6 Å². The molecule has 0 spiro atoms. The quantitative estimate of drug-likeness (QED) is 0.546. The van der Waals surface area contributed by atoms with Crippen molar-refractivity contribution < 1.29 is 9.47 Å². The molecule has 0 fully saturated rings. The lowest BCUT2D eigenvalue weighted by Crippen LogP contribution is -2.40. The van der Waals surface area contributed by atoms with E-state index in [-0.39, 0.29) is 5.54 Å². The lowest BCUT2D eigenvalue weighted by Gasteiger charge is -2.27. The molecule has 1 atom stereocenters. The number of benzene rings is 2. The second-order valence-electron chi connectivity index (χ2n) is 9.55. The normalized spacial score (nSPS) is 15.6. The minimum absolute atomic E-state index is 0.237. The first-order valence-corrected chi connectivity index (χ1v) is 11.4. The van der Waals surface area contributed by atoms with Crippen LogP contribution in [-0.2, 0) is 19.5 Å². The third kappa shape index (κ3) is 4.74. The fourth-order valence-corrected chi connectivity index (χ4v) is 4.64. The maximum Gasteiger partial charge on any atom is 0.161 e. The standard InChI is InChI=1S/C27H35N3O2/c1-18-10-22-16-30(17-23(22)11-19(18)2)9-8-27(3,28)7-6-20-14-29-15-21-12-25(31-4)26(32-5)13-24(20)21/h10-15H,6-9,16-17,28H2,1-5H3. The Morgan fingerprint density at radius 1 is 0.938 bits per heavy atom.